The van der Waals surface area contributed by atoms with E-state index in [1.807, 2.05) is 11.3 Å². The molecule has 2 rings (SSSR count). The quantitative estimate of drug-likeness (QED) is 0.892. The van der Waals surface area contributed by atoms with Gasteiger partial charge in [0.25, 0.3) is 0 Å². The number of nitrogens with zero attached hydrogens (tertiary/aromatic N) is 1. The molecule has 0 amide bonds. The monoisotopic (exact) mass is 252 g/mol. The van der Waals surface area contributed by atoms with Gasteiger partial charge in [-0.3, -0.25) is 0 Å². The highest BCUT2D eigenvalue weighted by Gasteiger charge is 2.30. The van der Waals surface area contributed by atoms with Crippen molar-refractivity contribution in [1.29, 1.82) is 0 Å². The maximum Gasteiger partial charge on any atom is 0.107 e. The second-order valence-corrected chi connectivity index (χ2v) is 7.23. The van der Waals surface area contributed by atoms with Crippen LogP contribution in [0.4, 0.5) is 0 Å². The molecule has 2 nitrogen and oxygen atoms in total. The van der Waals surface area contributed by atoms with Crippen LogP contribution in [0.2, 0.25) is 0 Å². The van der Waals surface area contributed by atoms with Crippen molar-refractivity contribution < 1.29 is 0 Å². The van der Waals surface area contributed by atoms with E-state index in [2.05, 4.69) is 33.0 Å². The number of aromatic nitrogens is 1. The second kappa shape index (κ2) is 5.07. The molecule has 0 radical (unpaired) electrons. The van der Waals surface area contributed by atoms with E-state index in [4.69, 9.17) is 4.98 Å². The lowest BCUT2D eigenvalue weighted by Crippen LogP contribution is -2.26. The lowest BCUT2D eigenvalue weighted by atomic mass is 9.73. The number of rotatable bonds is 3. The van der Waals surface area contributed by atoms with E-state index in [-0.39, 0.29) is 0 Å². The minimum Gasteiger partial charge on any atom is -0.311 e. The van der Waals surface area contributed by atoms with Gasteiger partial charge in [0.05, 0.1) is 5.69 Å². The number of nitrogens with one attached hydrogen (secondary N) is 1. The molecule has 0 fully saturated rings. The third-order valence-electron chi connectivity index (χ3n) is 3.73. The molecular weight excluding hydrogens is 228 g/mol. The van der Waals surface area contributed by atoms with Gasteiger partial charge in [-0.2, -0.15) is 0 Å². The van der Waals surface area contributed by atoms with Gasteiger partial charge in [-0.15, -0.1) is 11.3 Å². The van der Waals surface area contributed by atoms with E-state index in [0.717, 1.165) is 19.0 Å². The minimum absolute atomic E-state index is 0.434. The zero-order valence-corrected chi connectivity index (χ0v) is 12.3. The molecule has 0 aliphatic heterocycles. The molecule has 1 aliphatic rings. The Labute approximate surface area is 109 Å². The van der Waals surface area contributed by atoms with Crippen LogP contribution in [0.3, 0.4) is 0 Å². The van der Waals surface area contributed by atoms with Crippen molar-refractivity contribution in [1.82, 2.24) is 10.3 Å². The van der Waals surface area contributed by atoms with Gasteiger partial charge >= 0.3 is 0 Å². The van der Waals surface area contributed by atoms with Crippen LogP contribution in [0.1, 0.15) is 49.7 Å². The normalized spacial score (nSPS) is 20.4. The van der Waals surface area contributed by atoms with Crippen molar-refractivity contribution in [3.8, 4) is 0 Å². The summed E-state index contributed by atoms with van der Waals surface area (Å²) < 4.78 is 0. The van der Waals surface area contributed by atoms with Crippen LogP contribution >= 0.6 is 11.3 Å². The smallest absolute Gasteiger partial charge is 0.107 e. The van der Waals surface area contributed by atoms with E-state index < -0.39 is 0 Å². The van der Waals surface area contributed by atoms with Gasteiger partial charge in [0.1, 0.15) is 5.01 Å². The van der Waals surface area contributed by atoms with Crippen LogP contribution in [-0.4, -0.2) is 11.5 Å². The van der Waals surface area contributed by atoms with Gasteiger partial charge < -0.3 is 5.32 Å². The fraction of sp³-hybridized carbons (Fsp3) is 0.786. The van der Waals surface area contributed by atoms with Crippen molar-refractivity contribution in [2.45, 2.75) is 53.5 Å². The molecule has 17 heavy (non-hydrogen) atoms. The van der Waals surface area contributed by atoms with E-state index in [9.17, 15) is 0 Å². The minimum atomic E-state index is 0.434. The Bertz CT molecular complexity index is 376. The largest absolute Gasteiger partial charge is 0.311 e. The third kappa shape index (κ3) is 3.08. The first-order chi connectivity index (χ1) is 8.00. The summed E-state index contributed by atoms with van der Waals surface area (Å²) in [5.41, 5.74) is 1.81. The lowest BCUT2D eigenvalue weighted by Gasteiger charge is -2.33. The molecule has 96 valence electrons. The van der Waals surface area contributed by atoms with Gasteiger partial charge in [0.15, 0.2) is 0 Å². The molecule has 3 heteroatoms. The first-order valence-electron chi connectivity index (χ1n) is 6.69. The molecule has 0 spiro atoms. The molecule has 1 unspecified atom stereocenters. The fourth-order valence-corrected chi connectivity index (χ4v) is 3.64. The van der Waals surface area contributed by atoms with Crippen molar-refractivity contribution in [3.05, 3.63) is 15.6 Å². The summed E-state index contributed by atoms with van der Waals surface area (Å²) in [5.74, 6) is 0.822. The Morgan fingerprint density at radius 1 is 1.41 bits per heavy atom. The number of thiazole rings is 1. The van der Waals surface area contributed by atoms with Gasteiger partial charge in [-0.25, -0.2) is 4.98 Å². The zero-order chi connectivity index (χ0) is 12.5. The average molecular weight is 252 g/mol. The van der Waals surface area contributed by atoms with E-state index in [1.165, 1.54) is 30.0 Å². The summed E-state index contributed by atoms with van der Waals surface area (Å²) in [6.45, 7) is 11.2. The van der Waals surface area contributed by atoms with Gasteiger partial charge in [0.2, 0.25) is 0 Å². The average Bonchev–Trinajstić information content (AvgIpc) is 2.66. The van der Waals surface area contributed by atoms with E-state index >= 15 is 0 Å². The van der Waals surface area contributed by atoms with Crippen LogP contribution in [-0.2, 0) is 19.4 Å². The number of fused-ring (bicyclic) bond motifs is 1. The highest BCUT2D eigenvalue weighted by atomic mass is 32.1. The summed E-state index contributed by atoms with van der Waals surface area (Å²) in [6, 6.07) is 0. The Morgan fingerprint density at radius 3 is 2.82 bits per heavy atom. The molecule has 0 saturated carbocycles. The molecule has 1 aliphatic carbocycles. The van der Waals surface area contributed by atoms with Gasteiger partial charge in [-0.05, 0) is 37.1 Å². The Morgan fingerprint density at radius 2 is 2.18 bits per heavy atom. The molecule has 1 heterocycles. The fourth-order valence-electron chi connectivity index (χ4n) is 2.48. The molecule has 0 saturated heterocycles. The van der Waals surface area contributed by atoms with Gasteiger partial charge in [0, 0.05) is 11.4 Å². The first-order valence-corrected chi connectivity index (χ1v) is 7.50. The summed E-state index contributed by atoms with van der Waals surface area (Å²) >= 11 is 1.92. The van der Waals surface area contributed by atoms with Crippen LogP contribution < -0.4 is 5.32 Å². The van der Waals surface area contributed by atoms with Crippen molar-refractivity contribution in [3.63, 3.8) is 0 Å². The van der Waals surface area contributed by atoms with Crippen molar-refractivity contribution in [2.75, 3.05) is 6.54 Å². The molecule has 0 aromatic carbocycles. The van der Waals surface area contributed by atoms with Gasteiger partial charge in [-0.1, -0.05) is 27.7 Å². The van der Waals surface area contributed by atoms with Crippen LogP contribution in [0.15, 0.2) is 0 Å². The van der Waals surface area contributed by atoms with Crippen LogP contribution in [0, 0.1) is 11.3 Å². The maximum absolute atomic E-state index is 4.76. The lowest BCUT2D eigenvalue weighted by molar-refractivity contribution is 0.217. The Kier molecular flexibility index (Phi) is 3.88. The van der Waals surface area contributed by atoms with E-state index in [0.29, 0.717) is 5.41 Å². The highest BCUT2D eigenvalue weighted by molar-refractivity contribution is 7.11. The summed E-state index contributed by atoms with van der Waals surface area (Å²) in [5, 5.41) is 4.63. The molecule has 1 aromatic heterocycles. The molecule has 1 atom stereocenters. The number of hydrogen-bond acceptors (Lipinski definition) is 3. The maximum atomic E-state index is 4.76. The summed E-state index contributed by atoms with van der Waals surface area (Å²) in [7, 11) is 0. The van der Waals surface area contributed by atoms with Crippen LogP contribution in [0.5, 0.6) is 0 Å². The van der Waals surface area contributed by atoms with Crippen LogP contribution in [0.25, 0.3) is 0 Å². The molecule has 1 N–H and O–H groups in total. The Hall–Kier alpha value is -0.410. The highest BCUT2D eigenvalue weighted by Crippen LogP contribution is 2.38. The number of hydrogen-bond donors (Lipinski definition) is 1. The third-order valence-corrected chi connectivity index (χ3v) is 4.85. The topological polar surface area (TPSA) is 24.9 Å². The Balaban J connectivity index is 2.07. The van der Waals surface area contributed by atoms with Crippen molar-refractivity contribution in [2.24, 2.45) is 11.3 Å². The molecule has 1 aromatic rings. The molecule has 0 bridgehead atoms. The van der Waals surface area contributed by atoms with Crippen molar-refractivity contribution >= 4 is 11.3 Å². The predicted octanol–water partition coefficient (Wildman–Crippen LogP) is 3.40. The SMILES string of the molecule is CCNCc1nc2c(s1)CC(C(C)(C)C)CC2. The summed E-state index contributed by atoms with van der Waals surface area (Å²) in [4.78, 5) is 6.31. The molecular formula is C14H24N2S. The zero-order valence-electron chi connectivity index (χ0n) is 11.5. The number of aryl methyl sites for hydroxylation is 1. The summed E-state index contributed by atoms with van der Waals surface area (Å²) in [6.07, 6.45) is 3.73. The van der Waals surface area contributed by atoms with E-state index in [1.54, 1.807) is 4.88 Å². The predicted molar refractivity (Wildman–Crippen MR) is 74.5 cm³/mol. The second-order valence-electron chi connectivity index (χ2n) is 6.06. The first kappa shape index (κ1) is 13.0. The standard InChI is InChI=1S/C14H24N2S/c1-5-15-9-13-16-11-7-6-10(14(2,3)4)8-12(11)17-13/h10,15H,5-9H2,1-4H3.